The number of unbranched alkanes of at least 4 members (excludes halogenated alkanes) is 3. The van der Waals surface area contributed by atoms with E-state index in [9.17, 15) is 15.4 Å². The minimum Gasteiger partial charge on any atom is -0.508 e. The SMILES string of the molecule is CCCCCCc1cc(C(Cc2ccc(Br)cc2)=NO)c(O)cc1O. The van der Waals surface area contributed by atoms with Crippen molar-refractivity contribution in [3.05, 3.63) is 57.6 Å². The van der Waals surface area contributed by atoms with Crippen LogP contribution in [0.4, 0.5) is 0 Å². The third-order valence-electron chi connectivity index (χ3n) is 4.21. The number of rotatable bonds is 8. The Morgan fingerprint density at radius 3 is 2.36 bits per heavy atom. The van der Waals surface area contributed by atoms with E-state index in [4.69, 9.17) is 0 Å². The standard InChI is InChI=1S/C20H24BrNO3/c1-2-3-4-5-6-15-12-17(20(24)13-19(15)23)18(22-25)11-14-7-9-16(21)10-8-14/h7-10,12-13,23-25H,2-6,11H2,1H3. The molecule has 0 amide bonds. The van der Waals surface area contributed by atoms with Gasteiger partial charge in [-0.05, 0) is 42.2 Å². The van der Waals surface area contributed by atoms with Gasteiger partial charge < -0.3 is 15.4 Å². The summed E-state index contributed by atoms with van der Waals surface area (Å²) < 4.78 is 0.973. The summed E-state index contributed by atoms with van der Waals surface area (Å²) in [5.41, 5.74) is 2.55. The number of aromatic hydroxyl groups is 2. The number of phenols is 2. The first-order chi connectivity index (χ1) is 12.0. The summed E-state index contributed by atoms with van der Waals surface area (Å²) in [6.45, 7) is 2.16. The maximum Gasteiger partial charge on any atom is 0.128 e. The summed E-state index contributed by atoms with van der Waals surface area (Å²) in [4.78, 5) is 0. The van der Waals surface area contributed by atoms with E-state index in [1.807, 2.05) is 24.3 Å². The van der Waals surface area contributed by atoms with E-state index in [2.05, 4.69) is 28.0 Å². The summed E-state index contributed by atoms with van der Waals surface area (Å²) in [5.74, 6) is -0.00148. The first-order valence-corrected chi connectivity index (χ1v) is 9.35. The molecule has 0 radical (unpaired) electrons. The summed E-state index contributed by atoms with van der Waals surface area (Å²) in [7, 11) is 0. The van der Waals surface area contributed by atoms with E-state index in [1.165, 1.54) is 12.5 Å². The highest BCUT2D eigenvalue weighted by atomic mass is 79.9. The maximum absolute atomic E-state index is 10.2. The van der Waals surface area contributed by atoms with Gasteiger partial charge in [-0.2, -0.15) is 0 Å². The van der Waals surface area contributed by atoms with Crippen molar-refractivity contribution in [2.45, 2.75) is 45.4 Å². The molecule has 25 heavy (non-hydrogen) atoms. The van der Waals surface area contributed by atoms with Crippen molar-refractivity contribution in [3.8, 4) is 11.5 Å². The molecular formula is C20H24BrNO3. The van der Waals surface area contributed by atoms with E-state index in [0.29, 0.717) is 17.7 Å². The number of phenolic OH excluding ortho intramolecular Hbond substituents is 2. The van der Waals surface area contributed by atoms with Gasteiger partial charge in [-0.25, -0.2) is 0 Å². The molecule has 0 saturated heterocycles. The van der Waals surface area contributed by atoms with Crippen LogP contribution >= 0.6 is 15.9 Å². The number of hydrogen-bond donors (Lipinski definition) is 3. The predicted molar refractivity (Wildman–Crippen MR) is 104 cm³/mol. The Labute approximate surface area is 157 Å². The quantitative estimate of drug-likeness (QED) is 0.238. The Balaban J connectivity index is 2.21. The van der Waals surface area contributed by atoms with E-state index in [-0.39, 0.29) is 11.5 Å². The topological polar surface area (TPSA) is 73.1 Å². The largest absolute Gasteiger partial charge is 0.508 e. The van der Waals surface area contributed by atoms with Gasteiger partial charge >= 0.3 is 0 Å². The van der Waals surface area contributed by atoms with Crippen molar-refractivity contribution in [1.82, 2.24) is 0 Å². The van der Waals surface area contributed by atoms with Crippen LogP contribution in [-0.4, -0.2) is 21.1 Å². The molecule has 0 aliphatic rings. The lowest BCUT2D eigenvalue weighted by Crippen LogP contribution is -2.07. The molecule has 0 heterocycles. The van der Waals surface area contributed by atoms with Gasteiger partial charge in [-0.15, -0.1) is 0 Å². The molecule has 2 aromatic rings. The van der Waals surface area contributed by atoms with Gasteiger partial charge in [0.25, 0.3) is 0 Å². The number of aryl methyl sites for hydroxylation is 1. The van der Waals surface area contributed by atoms with E-state index >= 15 is 0 Å². The Bertz CT molecular complexity index is 726. The second-order valence-electron chi connectivity index (χ2n) is 6.16. The second kappa shape index (κ2) is 9.47. The average molecular weight is 406 g/mol. The summed E-state index contributed by atoms with van der Waals surface area (Å²) >= 11 is 3.39. The lowest BCUT2D eigenvalue weighted by molar-refractivity contribution is 0.318. The normalized spacial score (nSPS) is 11.7. The molecule has 4 nitrogen and oxygen atoms in total. The Hall–Kier alpha value is -2.01. The third kappa shape index (κ3) is 5.49. The molecule has 0 aromatic heterocycles. The fourth-order valence-corrected chi connectivity index (χ4v) is 3.04. The highest BCUT2D eigenvalue weighted by Crippen LogP contribution is 2.30. The second-order valence-corrected chi connectivity index (χ2v) is 7.07. The van der Waals surface area contributed by atoms with Crippen LogP contribution in [0.15, 0.2) is 46.0 Å². The van der Waals surface area contributed by atoms with Crippen LogP contribution in [0.5, 0.6) is 11.5 Å². The molecular weight excluding hydrogens is 382 g/mol. The van der Waals surface area contributed by atoms with Crippen LogP contribution < -0.4 is 0 Å². The zero-order valence-corrected chi connectivity index (χ0v) is 16.0. The van der Waals surface area contributed by atoms with Gasteiger partial charge in [0, 0.05) is 22.5 Å². The number of benzene rings is 2. The first kappa shape index (κ1) is 19.3. The molecule has 0 unspecified atom stereocenters. The zero-order valence-electron chi connectivity index (χ0n) is 14.4. The number of halogens is 1. The Morgan fingerprint density at radius 2 is 1.72 bits per heavy atom. The highest BCUT2D eigenvalue weighted by molar-refractivity contribution is 9.10. The Kier molecular flexibility index (Phi) is 7.31. The molecule has 5 heteroatoms. The number of hydrogen-bond acceptors (Lipinski definition) is 4. The van der Waals surface area contributed by atoms with Gasteiger partial charge in [0.1, 0.15) is 11.5 Å². The van der Waals surface area contributed by atoms with Crippen molar-refractivity contribution >= 4 is 21.6 Å². The van der Waals surface area contributed by atoms with E-state index in [1.54, 1.807) is 6.07 Å². The lowest BCUT2D eigenvalue weighted by atomic mass is 9.97. The minimum absolute atomic E-state index is 0.0821. The summed E-state index contributed by atoms with van der Waals surface area (Å²) in [6, 6.07) is 10.7. The van der Waals surface area contributed by atoms with Crippen molar-refractivity contribution in [1.29, 1.82) is 0 Å². The summed E-state index contributed by atoms with van der Waals surface area (Å²) in [5, 5.41) is 33.1. The first-order valence-electron chi connectivity index (χ1n) is 8.55. The van der Waals surface area contributed by atoms with E-state index < -0.39 is 0 Å². The predicted octanol–water partition coefficient (Wildman–Crippen LogP) is 5.40. The number of oxime groups is 1. The summed E-state index contributed by atoms with van der Waals surface area (Å²) in [6.07, 6.45) is 5.52. The van der Waals surface area contributed by atoms with Crippen LogP contribution in [0.3, 0.4) is 0 Å². The van der Waals surface area contributed by atoms with Gasteiger partial charge in [-0.3, -0.25) is 0 Å². The van der Waals surface area contributed by atoms with Crippen LogP contribution in [0, 0.1) is 0 Å². The molecule has 0 spiro atoms. The van der Waals surface area contributed by atoms with Crippen molar-refractivity contribution < 1.29 is 15.4 Å². The number of nitrogens with zero attached hydrogens (tertiary/aromatic N) is 1. The maximum atomic E-state index is 10.2. The third-order valence-corrected chi connectivity index (χ3v) is 4.74. The van der Waals surface area contributed by atoms with Crippen LogP contribution in [-0.2, 0) is 12.8 Å². The molecule has 134 valence electrons. The highest BCUT2D eigenvalue weighted by Gasteiger charge is 2.15. The van der Waals surface area contributed by atoms with E-state index in [0.717, 1.165) is 41.3 Å². The fraction of sp³-hybridized carbons (Fsp3) is 0.350. The molecule has 0 fully saturated rings. The van der Waals surface area contributed by atoms with Crippen LogP contribution in [0.25, 0.3) is 0 Å². The smallest absolute Gasteiger partial charge is 0.128 e. The van der Waals surface area contributed by atoms with Gasteiger partial charge in [0.05, 0.1) is 5.71 Å². The molecule has 0 aliphatic carbocycles. The molecule has 0 bridgehead atoms. The molecule has 0 saturated carbocycles. The fourth-order valence-electron chi connectivity index (χ4n) is 2.78. The minimum atomic E-state index is -0.0836. The van der Waals surface area contributed by atoms with Crippen molar-refractivity contribution in [2.75, 3.05) is 0 Å². The van der Waals surface area contributed by atoms with Crippen LogP contribution in [0.1, 0.15) is 49.3 Å². The molecule has 2 aromatic carbocycles. The molecule has 0 atom stereocenters. The van der Waals surface area contributed by atoms with Crippen LogP contribution in [0.2, 0.25) is 0 Å². The van der Waals surface area contributed by atoms with Crippen molar-refractivity contribution in [3.63, 3.8) is 0 Å². The molecule has 0 aliphatic heterocycles. The van der Waals surface area contributed by atoms with Gasteiger partial charge in [0.2, 0.25) is 0 Å². The van der Waals surface area contributed by atoms with Gasteiger partial charge in [-0.1, -0.05) is 59.4 Å². The Morgan fingerprint density at radius 1 is 1.00 bits per heavy atom. The average Bonchev–Trinajstić information content (AvgIpc) is 2.60. The lowest BCUT2D eigenvalue weighted by Gasteiger charge is -2.12. The van der Waals surface area contributed by atoms with Crippen molar-refractivity contribution in [2.24, 2.45) is 5.16 Å². The monoisotopic (exact) mass is 405 g/mol. The van der Waals surface area contributed by atoms with Gasteiger partial charge in [0.15, 0.2) is 0 Å². The zero-order chi connectivity index (χ0) is 18.2. The molecule has 3 N–H and O–H groups in total. The molecule has 2 rings (SSSR count).